The summed E-state index contributed by atoms with van der Waals surface area (Å²) in [5, 5.41) is 4.19. The Labute approximate surface area is 165 Å². The minimum absolute atomic E-state index is 0.0784. The number of hydrogen-bond acceptors (Lipinski definition) is 3. The molecule has 2 unspecified atom stereocenters. The quantitative estimate of drug-likeness (QED) is 0.794. The lowest BCUT2D eigenvalue weighted by molar-refractivity contribution is -0.126. The van der Waals surface area contributed by atoms with Crippen molar-refractivity contribution in [2.75, 3.05) is 18.8 Å². The van der Waals surface area contributed by atoms with Crippen molar-refractivity contribution in [3.63, 3.8) is 0 Å². The highest BCUT2D eigenvalue weighted by atomic mass is 35.5. The van der Waals surface area contributed by atoms with Crippen LogP contribution in [-0.2, 0) is 21.2 Å². The molecule has 1 fully saturated rings. The summed E-state index contributed by atoms with van der Waals surface area (Å²) >= 11 is 12.3. The lowest BCUT2D eigenvalue weighted by Gasteiger charge is -2.31. The summed E-state index contributed by atoms with van der Waals surface area (Å²) in [5.41, 5.74) is 2.01. The van der Waals surface area contributed by atoms with Crippen molar-refractivity contribution in [1.29, 1.82) is 0 Å². The Morgan fingerprint density at radius 3 is 2.81 bits per heavy atom. The number of hydrogen-bond donors (Lipinski definition) is 1. The molecule has 8 heteroatoms. The zero-order valence-electron chi connectivity index (χ0n) is 14.8. The molecular formula is C18H24Cl2N2O3S. The van der Waals surface area contributed by atoms with Crippen molar-refractivity contribution >= 4 is 39.1 Å². The Bertz CT molecular complexity index is 798. The van der Waals surface area contributed by atoms with E-state index in [1.807, 2.05) is 13.0 Å². The SMILES string of the molecule is CCCS(=O)(=O)N1CCCC(C(=O)NC2CCc3c2ccc(Cl)c3Cl)C1. The topological polar surface area (TPSA) is 66.5 Å². The zero-order chi connectivity index (χ0) is 18.9. The number of sulfonamides is 1. The van der Waals surface area contributed by atoms with Gasteiger partial charge in [0, 0.05) is 13.1 Å². The third kappa shape index (κ3) is 4.03. The number of fused-ring (bicyclic) bond motifs is 1. The predicted octanol–water partition coefficient (Wildman–Crippen LogP) is 3.55. The minimum Gasteiger partial charge on any atom is -0.349 e. The summed E-state index contributed by atoms with van der Waals surface area (Å²) in [6.45, 7) is 2.63. The zero-order valence-corrected chi connectivity index (χ0v) is 17.1. The molecule has 1 aromatic carbocycles. The molecule has 0 radical (unpaired) electrons. The molecule has 0 aromatic heterocycles. The summed E-state index contributed by atoms with van der Waals surface area (Å²) in [6, 6.07) is 3.59. The Morgan fingerprint density at radius 2 is 2.08 bits per heavy atom. The lowest BCUT2D eigenvalue weighted by atomic mass is 9.98. The van der Waals surface area contributed by atoms with Crippen LogP contribution in [0.2, 0.25) is 10.0 Å². The molecule has 2 aliphatic rings. The van der Waals surface area contributed by atoms with Gasteiger partial charge in [-0.05, 0) is 49.3 Å². The number of nitrogens with zero attached hydrogens (tertiary/aromatic N) is 1. The highest BCUT2D eigenvalue weighted by Gasteiger charge is 2.34. The average Bonchev–Trinajstić information content (AvgIpc) is 3.02. The Hall–Kier alpha value is -0.820. The number of benzene rings is 1. The average molecular weight is 419 g/mol. The minimum atomic E-state index is -3.26. The molecule has 144 valence electrons. The van der Waals surface area contributed by atoms with Gasteiger partial charge in [0.25, 0.3) is 0 Å². The Kier molecular flexibility index (Phi) is 6.17. The van der Waals surface area contributed by atoms with Crippen LogP contribution in [0.4, 0.5) is 0 Å². The molecule has 5 nitrogen and oxygen atoms in total. The molecule has 2 atom stereocenters. The molecule has 0 bridgehead atoms. The fourth-order valence-electron chi connectivity index (χ4n) is 3.87. The fourth-order valence-corrected chi connectivity index (χ4v) is 5.90. The molecule has 1 saturated heterocycles. The van der Waals surface area contributed by atoms with Gasteiger partial charge in [0.15, 0.2) is 0 Å². The predicted molar refractivity (Wildman–Crippen MR) is 104 cm³/mol. The second kappa shape index (κ2) is 8.05. The number of rotatable bonds is 5. The van der Waals surface area contributed by atoms with E-state index < -0.39 is 10.0 Å². The molecule has 26 heavy (non-hydrogen) atoms. The number of carbonyl (C=O) groups excluding carboxylic acids is 1. The van der Waals surface area contributed by atoms with E-state index in [2.05, 4.69) is 5.32 Å². The van der Waals surface area contributed by atoms with Crippen LogP contribution in [-0.4, -0.2) is 37.5 Å². The van der Waals surface area contributed by atoms with E-state index in [0.29, 0.717) is 35.9 Å². The van der Waals surface area contributed by atoms with Crippen LogP contribution in [0.1, 0.15) is 49.8 Å². The van der Waals surface area contributed by atoms with Crippen molar-refractivity contribution in [1.82, 2.24) is 9.62 Å². The number of piperidine rings is 1. The van der Waals surface area contributed by atoms with Gasteiger partial charge >= 0.3 is 0 Å². The van der Waals surface area contributed by atoms with Crippen LogP contribution in [0.15, 0.2) is 12.1 Å². The van der Waals surface area contributed by atoms with Crippen LogP contribution >= 0.6 is 23.2 Å². The van der Waals surface area contributed by atoms with Gasteiger partial charge in [-0.3, -0.25) is 4.79 Å². The first kappa shape index (κ1) is 19.9. The van der Waals surface area contributed by atoms with E-state index in [9.17, 15) is 13.2 Å². The molecule has 1 N–H and O–H groups in total. The summed E-state index contributed by atoms with van der Waals surface area (Å²) in [5.74, 6) is -0.246. The first-order valence-electron chi connectivity index (χ1n) is 9.08. The normalized spacial score (nSPS) is 23.7. The van der Waals surface area contributed by atoms with Crippen LogP contribution in [0.5, 0.6) is 0 Å². The molecule has 0 saturated carbocycles. The van der Waals surface area contributed by atoms with Crippen LogP contribution in [0.3, 0.4) is 0 Å². The van der Waals surface area contributed by atoms with Gasteiger partial charge in [0.05, 0.1) is 27.8 Å². The van der Waals surface area contributed by atoms with Gasteiger partial charge in [0.2, 0.25) is 15.9 Å². The maximum Gasteiger partial charge on any atom is 0.224 e. The Balaban J connectivity index is 1.67. The largest absolute Gasteiger partial charge is 0.349 e. The van der Waals surface area contributed by atoms with E-state index in [1.165, 1.54) is 4.31 Å². The van der Waals surface area contributed by atoms with E-state index in [4.69, 9.17) is 23.2 Å². The molecule has 3 rings (SSSR count). The van der Waals surface area contributed by atoms with Gasteiger partial charge in [-0.2, -0.15) is 0 Å². The van der Waals surface area contributed by atoms with Gasteiger partial charge in [0.1, 0.15) is 0 Å². The number of nitrogens with one attached hydrogen (secondary N) is 1. The van der Waals surface area contributed by atoms with Crippen molar-refractivity contribution in [2.45, 2.75) is 45.1 Å². The molecule has 0 spiro atoms. The summed E-state index contributed by atoms with van der Waals surface area (Å²) in [7, 11) is -3.26. The summed E-state index contributed by atoms with van der Waals surface area (Å²) in [4.78, 5) is 12.8. The maximum atomic E-state index is 12.8. The fraction of sp³-hybridized carbons (Fsp3) is 0.611. The summed E-state index contributed by atoms with van der Waals surface area (Å²) in [6.07, 6.45) is 3.57. The first-order valence-corrected chi connectivity index (χ1v) is 11.4. The number of carbonyl (C=O) groups is 1. The van der Waals surface area contributed by atoms with Gasteiger partial charge in [-0.15, -0.1) is 0 Å². The van der Waals surface area contributed by atoms with E-state index in [-0.39, 0.29) is 30.2 Å². The standard InChI is InChI=1S/C18H24Cl2N2O3S/c1-2-10-26(24,25)22-9-3-4-12(11-22)18(23)21-16-8-6-14-13(16)5-7-15(19)17(14)20/h5,7,12,16H,2-4,6,8-11H2,1H3,(H,21,23). The third-order valence-electron chi connectivity index (χ3n) is 5.22. The highest BCUT2D eigenvalue weighted by Crippen LogP contribution is 2.39. The second-order valence-electron chi connectivity index (χ2n) is 7.04. The van der Waals surface area contributed by atoms with Gasteiger partial charge in [-0.25, -0.2) is 12.7 Å². The van der Waals surface area contributed by atoms with Crippen molar-refractivity contribution in [2.24, 2.45) is 5.92 Å². The molecule has 1 aliphatic carbocycles. The van der Waals surface area contributed by atoms with Crippen LogP contribution in [0, 0.1) is 5.92 Å². The van der Waals surface area contributed by atoms with Gasteiger partial charge < -0.3 is 5.32 Å². The molecular weight excluding hydrogens is 395 g/mol. The monoisotopic (exact) mass is 418 g/mol. The summed E-state index contributed by atoms with van der Waals surface area (Å²) < 4.78 is 26.1. The van der Waals surface area contributed by atoms with Crippen LogP contribution in [0.25, 0.3) is 0 Å². The Morgan fingerprint density at radius 1 is 1.31 bits per heavy atom. The first-order chi connectivity index (χ1) is 12.3. The second-order valence-corrected chi connectivity index (χ2v) is 9.92. The third-order valence-corrected chi connectivity index (χ3v) is 8.10. The van der Waals surface area contributed by atoms with E-state index in [0.717, 1.165) is 24.0 Å². The van der Waals surface area contributed by atoms with E-state index in [1.54, 1.807) is 6.07 Å². The van der Waals surface area contributed by atoms with Crippen molar-refractivity contribution in [3.8, 4) is 0 Å². The smallest absolute Gasteiger partial charge is 0.224 e. The molecule has 1 aromatic rings. The van der Waals surface area contributed by atoms with Crippen LogP contribution < -0.4 is 5.32 Å². The van der Waals surface area contributed by atoms with Crippen molar-refractivity contribution in [3.05, 3.63) is 33.3 Å². The molecule has 1 amide bonds. The number of halogens is 2. The lowest BCUT2D eigenvalue weighted by Crippen LogP contribution is -2.46. The highest BCUT2D eigenvalue weighted by molar-refractivity contribution is 7.89. The van der Waals surface area contributed by atoms with Crippen molar-refractivity contribution < 1.29 is 13.2 Å². The molecule has 1 heterocycles. The maximum absolute atomic E-state index is 12.8. The van der Waals surface area contributed by atoms with Gasteiger partial charge in [-0.1, -0.05) is 36.2 Å². The van der Waals surface area contributed by atoms with E-state index >= 15 is 0 Å². The molecule has 1 aliphatic heterocycles. The number of amides is 1.